The molecule has 1 fully saturated rings. The monoisotopic (exact) mass is 263 g/mol. The molecule has 3 rings (SSSR count). The summed E-state index contributed by atoms with van der Waals surface area (Å²) in [6.07, 6.45) is 5.03. The number of aromatic amines is 1. The zero-order valence-corrected chi connectivity index (χ0v) is 10.7. The van der Waals surface area contributed by atoms with Crippen molar-refractivity contribution in [2.45, 2.75) is 24.9 Å². The van der Waals surface area contributed by atoms with Gasteiger partial charge in [0.05, 0.1) is 17.2 Å². The summed E-state index contributed by atoms with van der Waals surface area (Å²) in [6, 6.07) is 0. The predicted molar refractivity (Wildman–Crippen MR) is 71.6 cm³/mol. The van der Waals surface area contributed by atoms with Gasteiger partial charge >= 0.3 is 0 Å². The minimum absolute atomic E-state index is 0.0721. The molecule has 2 heterocycles. The molecule has 0 aliphatic heterocycles. The lowest BCUT2D eigenvalue weighted by Crippen LogP contribution is -2.45. The summed E-state index contributed by atoms with van der Waals surface area (Å²) in [7, 11) is 1.75. The minimum atomic E-state index is -0.0721. The van der Waals surface area contributed by atoms with E-state index in [0.29, 0.717) is 24.0 Å². The Labute approximate surface area is 110 Å². The van der Waals surface area contributed by atoms with Crippen molar-refractivity contribution in [2.75, 3.05) is 24.4 Å². The lowest BCUT2D eigenvalue weighted by atomic mass is 9.80. The number of hydrogen-bond donors (Lipinski definition) is 4. The fourth-order valence-electron chi connectivity index (χ4n) is 2.30. The third-order valence-electron chi connectivity index (χ3n) is 3.71. The molecule has 1 saturated carbocycles. The van der Waals surface area contributed by atoms with Crippen LogP contribution in [0, 0.1) is 0 Å². The summed E-state index contributed by atoms with van der Waals surface area (Å²) in [5.74, 6) is 6.41. The second kappa shape index (κ2) is 4.63. The van der Waals surface area contributed by atoms with Crippen LogP contribution in [0.3, 0.4) is 0 Å². The molecular weight excluding hydrogens is 246 g/mol. The average Bonchev–Trinajstić information content (AvgIpc) is 2.85. The first-order valence-corrected chi connectivity index (χ1v) is 6.23. The van der Waals surface area contributed by atoms with E-state index in [1.54, 1.807) is 13.3 Å². The van der Waals surface area contributed by atoms with E-state index >= 15 is 0 Å². The number of hydrazine groups is 1. The van der Waals surface area contributed by atoms with Crippen LogP contribution >= 0.6 is 0 Å². The van der Waals surface area contributed by atoms with E-state index in [1.807, 2.05) is 0 Å². The maximum atomic E-state index is 5.58. The first-order valence-electron chi connectivity index (χ1n) is 6.23. The van der Waals surface area contributed by atoms with Crippen molar-refractivity contribution in [3.63, 3.8) is 0 Å². The van der Waals surface area contributed by atoms with Gasteiger partial charge in [0.2, 0.25) is 5.95 Å². The Morgan fingerprint density at radius 3 is 2.95 bits per heavy atom. The van der Waals surface area contributed by atoms with Gasteiger partial charge in [0.1, 0.15) is 5.82 Å². The fourth-order valence-corrected chi connectivity index (χ4v) is 2.30. The molecule has 0 amide bonds. The van der Waals surface area contributed by atoms with Crippen LogP contribution < -0.4 is 16.6 Å². The molecule has 0 unspecified atom stereocenters. The highest BCUT2D eigenvalue weighted by atomic mass is 16.5. The van der Waals surface area contributed by atoms with E-state index < -0.39 is 0 Å². The Bertz CT molecular complexity index is 572. The molecule has 0 aromatic carbocycles. The summed E-state index contributed by atoms with van der Waals surface area (Å²) in [5, 5.41) is 10.9. The van der Waals surface area contributed by atoms with Gasteiger partial charge in [-0.3, -0.25) is 10.5 Å². The molecule has 19 heavy (non-hydrogen) atoms. The molecule has 8 heteroatoms. The average molecular weight is 263 g/mol. The summed E-state index contributed by atoms with van der Waals surface area (Å²) >= 11 is 0. The highest BCUT2D eigenvalue weighted by Crippen LogP contribution is 2.35. The Morgan fingerprint density at radius 1 is 1.47 bits per heavy atom. The zero-order valence-electron chi connectivity index (χ0n) is 10.7. The van der Waals surface area contributed by atoms with Gasteiger partial charge in [-0.2, -0.15) is 15.1 Å². The van der Waals surface area contributed by atoms with Crippen molar-refractivity contribution < 1.29 is 4.74 Å². The molecule has 0 radical (unpaired) electrons. The molecule has 0 spiro atoms. The van der Waals surface area contributed by atoms with Crippen LogP contribution in [0.2, 0.25) is 0 Å². The van der Waals surface area contributed by atoms with Crippen LogP contribution in [-0.4, -0.2) is 39.4 Å². The first kappa shape index (κ1) is 12.1. The van der Waals surface area contributed by atoms with Crippen LogP contribution in [0.1, 0.15) is 19.3 Å². The second-order valence-electron chi connectivity index (χ2n) is 4.77. The number of methoxy groups -OCH3 is 1. The highest BCUT2D eigenvalue weighted by molar-refractivity contribution is 5.86. The van der Waals surface area contributed by atoms with E-state index in [2.05, 4.69) is 30.9 Å². The summed E-state index contributed by atoms with van der Waals surface area (Å²) < 4.78 is 5.58. The number of nitrogen functional groups attached to an aromatic ring is 1. The van der Waals surface area contributed by atoms with Crippen molar-refractivity contribution in [1.82, 2.24) is 20.2 Å². The van der Waals surface area contributed by atoms with Crippen LogP contribution in [0.4, 0.5) is 11.8 Å². The number of ether oxygens (including phenoxy) is 1. The van der Waals surface area contributed by atoms with Crippen LogP contribution in [-0.2, 0) is 4.74 Å². The van der Waals surface area contributed by atoms with E-state index in [0.717, 1.165) is 18.2 Å². The largest absolute Gasteiger partial charge is 0.376 e. The van der Waals surface area contributed by atoms with E-state index in [-0.39, 0.29) is 5.60 Å². The molecular formula is C11H17N7O. The number of fused-ring (bicyclic) bond motifs is 1. The molecule has 2 aromatic rings. The van der Waals surface area contributed by atoms with Gasteiger partial charge in [0.25, 0.3) is 0 Å². The number of H-pyrrole nitrogens is 1. The molecule has 8 nitrogen and oxygen atoms in total. The van der Waals surface area contributed by atoms with Gasteiger partial charge in [0.15, 0.2) is 5.65 Å². The molecule has 5 N–H and O–H groups in total. The predicted octanol–water partition coefficient (Wildman–Crippen LogP) is 0.619. The molecule has 0 atom stereocenters. The van der Waals surface area contributed by atoms with Crippen molar-refractivity contribution >= 4 is 22.8 Å². The number of anilines is 2. The van der Waals surface area contributed by atoms with Crippen molar-refractivity contribution in [2.24, 2.45) is 5.84 Å². The highest BCUT2D eigenvalue weighted by Gasteiger charge is 2.36. The molecule has 102 valence electrons. The summed E-state index contributed by atoms with van der Waals surface area (Å²) in [5.41, 5.74) is 3.02. The zero-order chi connectivity index (χ0) is 13.3. The number of hydrogen-bond acceptors (Lipinski definition) is 7. The summed E-state index contributed by atoms with van der Waals surface area (Å²) in [6.45, 7) is 0.713. The van der Waals surface area contributed by atoms with Crippen LogP contribution in [0.5, 0.6) is 0 Å². The van der Waals surface area contributed by atoms with E-state index in [1.165, 1.54) is 6.42 Å². The van der Waals surface area contributed by atoms with Gasteiger partial charge in [-0.25, -0.2) is 5.84 Å². The molecule has 2 aromatic heterocycles. The third-order valence-corrected chi connectivity index (χ3v) is 3.71. The number of nitrogens with zero attached hydrogens (tertiary/aromatic N) is 3. The van der Waals surface area contributed by atoms with Gasteiger partial charge in [-0.1, -0.05) is 0 Å². The lowest BCUT2D eigenvalue weighted by molar-refractivity contribution is -0.0601. The lowest BCUT2D eigenvalue weighted by Gasteiger charge is -2.40. The number of rotatable bonds is 5. The van der Waals surface area contributed by atoms with E-state index in [9.17, 15) is 0 Å². The van der Waals surface area contributed by atoms with Crippen LogP contribution in [0.15, 0.2) is 6.20 Å². The molecule has 1 aliphatic rings. The Kier molecular flexibility index (Phi) is 2.96. The Balaban J connectivity index is 1.85. The van der Waals surface area contributed by atoms with Crippen LogP contribution in [0.25, 0.3) is 11.0 Å². The van der Waals surface area contributed by atoms with Gasteiger partial charge in [-0.05, 0) is 19.3 Å². The second-order valence-corrected chi connectivity index (χ2v) is 4.77. The molecule has 0 saturated heterocycles. The number of nitrogens with two attached hydrogens (primary N) is 1. The smallest absolute Gasteiger partial charge is 0.241 e. The fraction of sp³-hybridized carbons (Fsp3) is 0.545. The Morgan fingerprint density at radius 2 is 2.32 bits per heavy atom. The van der Waals surface area contributed by atoms with Crippen molar-refractivity contribution in [3.8, 4) is 0 Å². The van der Waals surface area contributed by atoms with E-state index in [4.69, 9.17) is 10.6 Å². The number of aromatic nitrogens is 4. The van der Waals surface area contributed by atoms with Crippen molar-refractivity contribution in [3.05, 3.63) is 6.20 Å². The standard InChI is InChI=1S/C11H17N7O/c1-19-11(3-2-4-11)6-13-8-7-5-14-18-9(7)16-10(15-8)17-12/h5H,2-4,6,12H2,1H3,(H3,13,14,15,16,17,18). The number of nitrogens with one attached hydrogen (secondary N) is 3. The summed E-state index contributed by atoms with van der Waals surface area (Å²) in [4.78, 5) is 8.49. The minimum Gasteiger partial charge on any atom is -0.376 e. The van der Waals surface area contributed by atoms with Crippen molar-refractivity contribution in [1.29, 1.82) is 0 Å². The topological polar surface area (TPSA) is 114 Å². The van der Waals surface area contributed by atoms with Gasteiger partial charge in [-0.15, -0.1) is 0 Å². The van der Waals surface area contributed by atoms with Gasteiger partial charge < -0.3 is 10.1 Å². The normalized spacial score (nSPS) is 17.2. The maximum absolute atomic E-state index is 5.58. The first-order chi connectivity index (χ1) is 9.26. The molecule has 1 aliphatic carbocycles. The van der Waals surface area contributed by atoms with Gasteiger partial charge in [0, 0.05) is 13.7 Å². The third kappa shape index (κ3) is 2.08. The maximum Gasteiger partial charge on any atom is 0.241 e. The Hall–Kier alpha value is -1.93. The SMILES string of the molecule is COC1(CNc2nc(NN)nc3[nH]ncc23)CCC1. The molecule has 0 bridgehead atoms. The quantitative estimate of drug-likeness (QED) is 0.462.